The molecule has 0 aromatic carbocycles. The number of carbonyl (C=O) groups excluding carboxylic acids is 2. The third kappa shape index (κ3) is 1.77. The van der Waals surface area contributed by atoms with Crippen LogP contribution >= 0.6 is 0 Å². The molecule has 1 aliphatic rings. The van der Waals surface area contributed by atoms with Crippen LogP contribution in [0.1, 0.15) is 13.3 Å². The summed E-state index contributed by atoms with van der Waals surface area (Å²) >= 11 is 0. The van der Waals surface area contributed by atoms with Gasteiger partial charge >= 0.3 is 5.97 Å². The Balaban J connectivity index is 2.46. The standard InChI is InChI=1S/C7H11NO3/c1-2-11-7(10)6-5(9)3-4-8-6/h6,8H,2-4H2,1H3. The summed E-state index contributed by atoms with van der Waals surface area (Å²) in [6.45, 7) is 2.63. The van der Waals surface area contributed by atoms with Gasteiger partial charge in [-0.15, -0.1) is 0 Å². The lowest BCUT2D eigenvalue weighted by molar-refractivity contribution is -0.147. The van der Waals surface area contributed by atoms with Crippen LogP contribution in [-0.4, -0.2) is 30.9 Å². The highest BCUT2D eigenvalue weighted by atomic mass is 16.5. The first-order valence-electron chi connectivity index (χ1n) is 3.68. The average molecular weight is 157 g/mol. The molecular weight excluding hydrogens is 146 g/mol. The maximum Gasteiger partial charge on any atom is 0.330 e. The molecule has 1 heterocycles. The predicted molar refractivity (Wildman–Crippen MR) is 38.0 cm³/mol. The number of ether oxygens (including phenoxy) is 1. The van der Waals surface area contributed by atoms with Crippen LogP contribution in [0.5, 0.6) is 0 Å². The van der Waals surface area contributed by atoms with Crippen molar-refractivity contribution in [1.29, 1.82) is 0 Å². The van der Waals surface area contributed by atoms with E-state index in [0.717, 1.165) is 0 Å². The van der Waals surface area contributed by atoms with Crippen molar-refractivity contribution >= 4 is 11.8 Å². The van der Waals surface area contributed by atoms with Crippen molar-refractivity contribution in [3.05, 3.63) is 0 Å². The molecule has 1 rings (SSSR count). The summed E-state index contributed by atoms with van der Waals surface area (Å²) in [4.78, 5) is 21.9. The number of esters is 1. The number of hydrogen-bond acceptors (Lipinski definition) is 4. The monoisotopic (exact) mass is 157 g/mol. The van der Waals surface area contributed by atoms with Crippen molar-refractivity contribution in [2.45, 2.75) is 19.4 Å². The van der Waals surface area contributed by atoms with Crippen LogP contribution in [0.2, 0.25) is 0 Å². The third-order valence-corrected chi connectivity index (χ3v) is 1.56. The van der Waals surface area contributed by atoms with Crippen molar-refractivity contribution in [2.75, 3.05) is 13.2 Å². The van der Waals surface area contributed by atoms with Gasteiger partial charge in [0.2, 0.25) is 0 Å². The molecular formula is C7H11NO3. The molecule has 1 atom stereocenters. The smallest absolute Gasteiger partial charge is 0.330 e. The van der Waals surface area contributed by atoms with E-state index in [4.69, 9.17) is 0 Å². The van der Waals surface area contributed by atoms with Gasteiger partial charge in [-0.1, -0.05) is 0 Å². The third-order valence-electron chi connectivity index (χ3n) is 1.56. The number of Topliss-reactive ketones (excluding diaryl/α,β-unsaturated/α-hetero) is 1. The van der Waals surface area contributed by atoms with E-state index >= 15 is 0 Å². The van der Waals surface area contributed by atoms with Gasteiger partial charge in [-0.3, -0.25) is 10.1 Å². The number of carbonyl (C=O) groups is 2. The van der Waals surface area contributed by atoms with E-state index in [1.807, 2.05) is 0 Å². The zero-order valence-electron chi connectivity index (χ0n) is 6.42. The van der Waals surface area contributed by atoms with E-state index in [1.54, 1.807) is 6.92 Å². The molecule has 0 aromatic heterocycles. The Morgan fingerprint density at radius 1 is 1.82 bits per heavy atom. The lowest BCUT2D eigenvalue weighted by Gasteiger charge is -2.06. The molecule has 1 aliphatic heterocycles. The van der Waals surface area contributed by atoms with Gasteiger partial charge in [-0.2, -0.15) is 0 Å². The highest BCUT2D eigenvalue weighted by molar-refractivity contribution is 6.04. The van der Waals surface area contributed by atoms with E-state index in [9.17, 15) is 9.59 Å². The second-order valence-electron chi connectivity index (χ2n) is 2.36. The second kappa shape index (κ2) is 3.48. The maximum atomic E-state index is 11.0. The zero-order chi connectivity index (χ0) is 8.27. The van der Waals surface area contributed by atoms with E-state index in [2.05, 4.69) is 10.1 Å². The molecule has 4 heteroatoms. The largest absolute Gasteiger partial charge is 0.464 e. The highest BCUT2D eigenvalue weighted by Gasteiger charge is 2.31. The Hall–Kier alpha value is -0.900. The van der Waals surface area contributed by atoms with E-state index < -0.39 is 12.0 Å². The van der Waals surface area contributed by atoms with Gasteiger partial charge in [0.25, 0.3) is 0 Å². The fourth-order valence-corrected chi connectivity index (χ4v) is 1.04. The molecule has 1 fully saturated rings. The van der Waals surface area contributed by atoms with Gasteiger partial charge in [0.15, 0.2) is 11.8 Å². The van der Waals surface area contributed by atoms with Crippen LogP contribution in [0.3, 0.4) is 0 Å². The summed E-state index contributed by atoms with van der Waals surface area (Å²) in [6, 6.07) is -0.699. The summed E-state index contributed by atoms with van der Waals surface area (Å²) in [5.74, 6) is -0.515. The minimum Gasteiger partial charge on any atom is -0.464 e. The van der Waals surface area contributed by atoms with E-state index in [0.29, 0.717) is 19.6 Å². The van der Waals surface area contributed by atoms with Crippen LogP contribution in [-0.2, 0) is 14.3 Å². The van der Waals surface area contributed by atoms with Crippen LogP contribution in [0.15, 0.2) is 0 Å². The van der Waals surface area contributed by atoms with Crippen molar-refractivity contribution in [2.24, 2.45) is 0 Å². The first kappa shape index (κ1) is 8.20. The Labute approximate surface area is 64.9 Å². The molecule has 0 saturated carbocycles. The second-order valence-corrected chi connectivity index (χ2v) is 2.36. The Kier molecular flexibility index (Phi) is 2.59. The van der Waals surface area contributed by atoms with Gasteiger partial charge in [-0.05, 0) is 6.92 Å². The number of ketones is 1. The summed E-state index contributed by atoms with van der Waals surface area (Å²) in [5.41, 5.74) is 0. The minimum absolute atomic E-state index is 0.0662. The van der Waals surface area contributed by atoms with Gasteiger partial charge in [0.1, 0.15) is 0 Å². The minimum atomic E-state index is -0.699. The SMILES string of the molecule is CCOC(=O)C1NCCC1=O. The maximum absolute atomic E-state index is 11.0. The summed E-state index contributed by atoms with van der Waals surface area (Å²) < 4.78 is 4.67. The fraction of sp³-hybridized carbons (Fsp3) is 0.714. The van der Waals surface area contributed by atoms with Crippen molar-refractivity contribution < 1.29 is 14.3 Å². The molecule has 0 bridgehead atoms. The topological polar surface area (TPSA) is 55.4 Å². The molecule has 62 valence electrons. The number of nitrogens with one attached hydrogen (secondary N) is 1. The van der Waals surface area contributed by atoms with Crippen LogP contribution < -0.4 is 5.32 Å². The van der Waals surface area contributed by atoms with Gasteiger partial charge in [0, 0.05) is 13.0 Å². The van der Waals surface area contributed by atoms with Gasteiger partial charge in [0.05, 0.1) is 6.61 Å². The Morgan fingerprint density at radius 2 is 2.55 bits per heavy atom. The molecule has 0 spiro atoms. The lowest BCUT2D eigenvalue weighted by Crippen LogP contribution is -2.37. The summed E-state index contributed by atoms with van der Waals surface area (Å²) in [6.07, 6.45) is 0.434. The van der Waals surface area contributed by atoms with E-state index in [-0.39, 0.29) is 5.78 Å². The van der Waals surface area contributed by atoms with Crippen LogP contribution in [0, 0.1) is 0 Å². The predicted octanol–water partition coefficient (Wildman–Crippen LogP) is -0.520. The molecule has 0 radical (unpaired) electrons. The van der Waals surface area contributed by atoms with Gasteiger partial charge in [-0.25, -0.2) is 4.79 Å². The molecule has 0 amide bonds. The molecule has 4 nitrogen and oxygen atoms in total. The Morgan fingerprint density at radius 3 is 3.00 bits per heavy atom. The summed E-state index contributed by atoms with van der Waals surface area (Å²) in [7, 11) is 0. The molecule has 11 heavy (non-hydrogen) atoms. The van der Waals surface area contributed by atoms with Crippen molar-refractivity contribution in [3.63, 3.8) is 0 Å². The number of hydrogen-bond donors (Lipinski definition) is 1. The normalized spacial score (nSPS) is 23.7. The molecule has 1 saturated heterocycles. The first-order valence-corrected chi connectivity index (χ1v) is 3.68. The van der Waals surface area contributed by atoms with Gasteiger partial charge < -0.3 is 4.74 Å². The van der Waals surface area contributed by atoms with Crippen molar-refractivity contribution in [3.8, 4) is 0 Å². The summed E-state index contributed by atoms with van der Waals surface area (Å²) in [5, 5.41) is 2.77. The first-order chi connectivity index (χ1) is 5.25. The Bertz CT molecular complexity index is 179. The fourth-order valence-electron chi connectivity index (χ4n) is 1.04. The van der Waals surface area contributed by atoms with Crippen LogP contribution in [0.25, 0.3) is 0 Å². The quantitative estimate of drug-likeness (QED) is 0.433. The lowest BCUT2D eigenvalue weighted by atomic mass is 10.2. The molecule has 0 aromatic rings. The van der Waals surface area contributed by atoms with Crippen LogP contribution in [0.4, 0.5) is 0 Å². The van der Waals surface area contributed by atoms with Crippen molar-refractivity contribution in [1.82, 2.24) is 5.32 Å². The average Bonchev–Trinajstić information content (AvgIpc) is 2.36. The molecule has 1 unspecified atom stereocenters. The molecule has 1 N–H and O–H groups in total. The highest BCUT2D eigenvalue weighted by Crippen LogP contribution is 2.01. The van der Waals surface area contributed by atoms with E-state index in [1.165, 1.54) is 0 Å². The number of rotatable bonds is 2. The molecule has 0 aliphatic carbocycles. The zero-order valence-corrected chi connectivity index (χ0v) is 6.42.